The minimum atomic E-state index is -0.726. The molecule has 0 atom stereocenters. The second kappa shape index (κ2) is 7.00. The van der Waals surface area contributed by atoms with Crippen LogP contribution in [0.15, 0.2) is 42.5 Å². The van der Waals surface area contributed by atoms with Crippen molar-refractivity contribution < 1.29 is 18.8 Å². The van der Waals surface area contributed by atoms with Crippen LogP contribution in [-0.2, 0) is 4.79 Å². The van der Waals surface area contributed by atoms with Crippen molar-refractivity contribution in [3.8, 4) is 11.8 Å². The van der Waals surface area contributed by atoms with Crippen LogP contribution >= 0.6 is 0 Å². The highest BCUT2D eigenvalue weighted by atomic mass is 19.1. The van der Waals surface area contributed by atoms with Crippen LogP contribution in [0, 0.1) is 27.3 Å². The number of nitro benzene ring substituents is 1. The van der Waals surface area contributed by atoms with Crippen molar-refractivity contribution in [2.75, 3.05) is 11.9 Å². The Labute approximate surface area is 130 Å². The van der Waals surface area contributed by atoms with E-state index in [1.54, 1.807) is 0 Å². The van der Waals surface area contributed by atoms with E-state index < -0.39 is 28.9 Å². The van der Waals surface area contributed by atoms with E-state index >= 15 is 0 Å². The van der Waals surface area contributed by atoms with Gasteiger partial charge in [-0.1, -0.05) is 0 Å². The van der Waals surface area contributed by atoms with Crippen LogP contribution in [0.25, 0.3) is 0 Å². The van der Waals surface area contributed by atoms with Crippen LogP contribution in [0.1, 0.15) is 5.56 Å². The smallest absolute Gasteiger partial charge is 0.292 e. The number of ether oxygens (including phenoxy) is 1. The summed E-state index contributed by atoms with van der Waals surface area (Å²) in [7, 11) is 0. The lowest BCUT2D eigenvalue weighted by Crippen LogP contribution is -2.20. The minimum Gasteiger partial charge on any atom is -0.484 e. The first kappa shape index (κ1) is 15.9. The zero-order chi connectivity index (χ0) is 16.8. The Balaban J connectivity index is 2.01. The average molecular weight is 315 g/mol. The Hall–Kier alpha value is -3.47. The third-order valence-corrected chi connectivity index (χ3v) is 2.78. The first-order chi connectivity index (χ1) is 11.0. The van der Waals surface area contributed by atoms with Gasteiger partial charge >= 0.3 is 0 Å². The minimum absolute atomic E-state index is 0.247. The lowest BCUT2D eigenvalue weighted by atomic mass is 10.2. The van der Waals surface area contributed by atoms with E-state index in [4.69, 9.17) is 10.00 Å². The summed E-state index contributed by atoms with van der Waals surface area (Å²) in [5.41, 5.74) is -0.223. The number of anilines is 1. The number of nitro groups is 1. The summed E-state index contributed by atoms with van der Waals surface area (Å²) in [5.74, 6) is -1.03. The van der Waals surface area contributed by atoms with E-state index in [2.05, 4.69) is 5.32 Å². The summed E-state index contributed by atoms with van der Waals surface area (Å²) in [6, 6.07) is 10.8. The van der Waals surface area contributed by atoms with Crippen molar-refractivity contribution in [1.82, 2.24) is 0 Å². The molecule has 0 heterocycles. The van der Waals surface area contributed by atoms with Gasteiger partial charge in [-0.25, -0.2) is 4.39 Å². The van der Waals surface area contributed by atoms with E-state index in [1.165, 1.54) is 24.3 Å². The molecule has 0 radical (unpaired) electrons. The largest absolute Gasteiger partial charge is 0.484 e. The summed E-state index contributed by atoms with van der Waals surface area (Å²) in [6.45, 7) is -0.417. The predicted octanol–water partition coefficient (Wildman–Crippen LogP) is 2.62. The van der Waals surface area contributed by atoms with E-state index in [9.17, 15) is 19.3 Å². The molecule has 0 saturated heterocycles. The summed E-state index contributed by atoms with van der Waals surface area (Å²) < 4.78 is 18.3. The van der Waals surface area contributed by atoms with Gasteiger partial charge in [-0.05, 0) is 30.3 Å². The standard InChI is InChI=1S/C15H10FN3O4/c16-11-3-6-14(19(21)22)13(7-11)18-15(20)9-23-12-4-1-10(8-17)2-5-12/h1-7H,9H2,(H,18,20). The Morgan fingerprint density at radius 2 is 2.00 bits per heavy atom. The van der Waals surface area contributed by atoms with Gasteiger partial charge in [0.25, 0.3) is 11.6 Å². The van der Waals surface area contributed by atoms with E-state index in [1.807, 2.05) is 6.07 Å². The normalized spacial score (nSPS) is 9.74. The predicted molar refractivity (Wildman–Crippen MR) is 78.3 cm³/mol. The molecule has 8 heteroatoms. The zero-order valence-corrected chi connectivity index (χ0v) is 11.7. The fourth-order valence-electron chi connectivity index (χ4n) is 1.73. The lowest BCUT2D eigenvalue weighted by molar-refractivity contribution is -0.384. The molecule has 0 unspecified atom stereocenters. The van der Waals surface area contributed by atoms with Gasteiger partial charge in [0.05, 0.1) is 16.6 Å². The quantitative estimate of drug-likeness (QED) is 0.674. The summed E-state index contributed by atoms with van der Waals surface area (Å²) in [5, 5.41) is 21.7. The molecule has 0 aliphatic carbocycles. The van der Waals surface area contributed by atoms with Gasteiger partial charge in [0.15, 0.2) is 6.61 Å². The average Bonchev–Trinajstić information content (AvgIpc) is 2.53. The molecule has 1 N–H and O–H groups in total. The molecule has 0 aromatic heterocycles. The highest BCUT2D eigenvalue weighted by Gasteiger charge is 2.16. The number of nitrogens with zero attached hydrogens (tertiary/aromatic N) is 2. The van der Waals surface area contributed by atoms with Crippen LogP contribution in [0.2, 0.25) is 0 Å². The van der Waals surface area contributed by atoms with E-state index in [-0.39, 0.29) is 5.69 Å². The molecular weight excluding hydrogens is 305 g/mol. The van der Waals surface area contributed by atoms with Crippen LogP contribution in [0.4, 0.5) is 15.8 Å². The highest BCUT2D eigenvalue weighted by Crippen LogP contribution is 2.24. The monoisotopic (exact) mass is 315 g/mol. The lowest BCUT2D eigenvalue weighted by Gasteiger charge is -2.08. The van der Waals surface area contributed by atoms with Crippen LogP contribution in [0.3, 0.4) is 0 Å². The molecule has 7 nitrogen and oxygen atoms in total. The molecule has 0 aliphatic heterocycles. The zero-order valence-electron chi connectivity index (χ0n) is 11.7. The number of nitriles is 1. The number of hydrogen-bond acceptors (Lipinski definition) is 5. The number of carbonyl (C=O) groups excluding carboxylic acids is 1. The topological polar surface area (TPSA) is 105 Å². The third kappa shape index (κ3) is 4.25. The number of halogens is 1. The van der Waals surface area contributed by atoms with Gasteiger partial charge in [-0.15, -0.1) is 0 Å². The first-order valence-corrected chi connectivity index (χ1v) is 6.36. The fraction of sp³-hybridized carbons (Fsp3) is 0.0667. The van der Waals surface area contributed by atoms with Crippen molar-refractivity contribution in [3.63, 3.8) is 0 Å². The second-order valence-corrected chi connectivity index (χ2v) is 4.39. The van der Waals surface area contributed by atoms with Crippen LogP contribution in [0.5, 0.6) is 5.75 Å². The summed E-state index contributed by atoms with van der Waals surface area (Å²) in [4.78, 5) is 21.9. The van der Waals surface area contributed by atoms with Gasteiger partial charge in [-0.2, -0.15) is 5.26 Å². The molecule has 0 bridgehead atoms. The molecule has 0 fully saturated rings. The van der Waals surface area contributed by atoms with Crippen LogP contribution in [-0.4, -0.2) is 17.4 Å². The van der Waals surface area contributed by atoms with Gasteiger partial charge in [0, 0.05) is 12.1 Å². The van der Waals surface area contributed by atoms with Crippen molar-refractivity contribution in [1.29, 1.82) is 5.26 Å². The van der Waals surface area contributed by atoms with E-state index in [0.717, 1.165) is 18.2 Å². The second-order valence-electron chi connectivity index (χ2n) is 4.39. The molecule has 2 aromatic rings. The Kier molecular flexibility index (Phi) is 4.84. The van der Waals surface area contributed by atoms with E-state index in [0.29, 0.717) is 11.3 Å². The van der Waals surface area contributed by atoms with Gasteiger partial charge in [-0.3, -0.25) is 14.9 Å². The molecule has 2 rings (SSSR count). The number of rotatable bonds is 5. The molecule has 1 amide bonds. The van der Waals surface area contributed by atoms with Crippen molar-refractivity contribution >= 4 is 17.3 Å². The third-order valence-electron chi connectivity index (χ3n) is 2.78. The molecule has 0 aliphatic rings. The SMILES string of the molecule is N#Cc1ccc(OCC(=O)Nc2cc(F)ccc2[N+](=O)[O-])cc1. The number of carbonyl (C=O) groups is 1. The molecule has 2 aromatic carbocycles. The number of amides is 1. The maximum atomic E-state index is 13.2. The summed E-state index contributed by atoms with van der Waals surface area (Å²) >= 11 is 0. The van der Waals surface area contributed by atoms with Gasteiger partial charge in [0.2, 0.25) is 0 Å². The molecule has 0 saturated carbocycles. The van der Waals surface area contributed by atoms with Gasteiger partial charge in [0.1, 0.15) is 17.3 Å². The number of benzene rings is 2. The first-order valence-electron chi connectivity index (χ1n) is 6.36. The maximum Gasteiger partial charge on any atom is 0.292 e. The molecule has 116 valence electrons. The van der Waals surface area contributed by atoms with Gasteiger partial charge < -0.3 is 10.1 Å². The number of nitrogens with one attached hydrogen (secondary N) is 1. The Morgan fingerprint density at radius 3 is 2.61 bits per heavy atom. The molecule has 0 spiro atoms. The van der Waals surface area contributed by atoms with Crippen LogP contribution < -0.4 is 10.1 Å². The summed E-state index contributed by atoms with van der Waals surface area (Å²) in [6.07, 6.45) is 0. The van der Waals surface area contributed by atoms with Crippen molar-refractivity contribution in [2.24, 2.45) is 0 Å². The molecular formula is C15H10FN3O4. The Bertz CT molecular complexity index is 784. The Morgan fingerprint density at radius 1 is 1.30 bits per heavy atom. The highest BCUT2D eigenvalue weighted by molar-refractivity contribution is 5.94. The number of hydrogen-bond donors (Lipinski definition) is 1. The maximum absolute atomic E-state index is 13.2. The molecule has 23 heavy (non-hydrogen) atoms. The fourth-order valence-corrected chi connectivity index (χ4v) is 1.73. The van der Waals surface area contributed by atoms with Crippen molar-refractivity contribution in [2.45, 2.75) is 0 Å². The van der Waals surface area contributed by atoms with Crippen molar-refractivity contribution in [3.05, 3.63) is 64.0 Å².